The highest BCUT2D eigenvalue weighted by molar-refractivity contribution is 7.26. The van der Waals surface area contributed by atoms with Gasteiger partial charge in [-0.15, -0.1) is 11.3 Å². The van der Waals surface area contributed by atoms with Gasteiger partial charge in [0.05, 0.1) is 12.5 Å². The first kappa shape index (κ1) is 29.3. The van der Waals surface area contributed by atoms with Crippen molar-refractivity contribution >= 4 is 74.6 Å². The van der Waals surface area contributed by atoms with Crippen LogP contribution in [-0.4, -0.2) is 0 Å². The highest BCUT2D eigenvalue weighted by atomic mass is 32.1. The topological polar surface area (TPSA) is 13.1 Å². The molecule has 0 aliphatic carbocycles. The van der Waals surface area contributed by atoms with Gasteiger partial charge in [0, 0.05) is 36.9 Å². The zero-order valence-corrected chi connectivity index (χ0v) is 29.0. The molecule has 52 heavy (non-hydrogen) atoms. The Morgan fingerprint density at radius 2 is 0.769 bits per heavy atom. The van der Waals surface area contributed by atoms with Crippen molar-refractivity contribution in [1.82, 2.24) is 0 Å². The maximum atomic E-state index is 5.60. The molecule has 0 atom stereocenters. The summed E-state index contributed by atoms with van der Waals surface area (Å²) in [5.41, 5.74) is 9.96. The van der Waals surface area contributed by atoms with Crippen molar-refractivity contribution < 1.29 is 4.42 Å². The second kappa shape index (κ2) is 11.5. The highest BCUT2D eigenvalue weighted by Gasteiger charge is 2.22. The Morgan fingerprint density at radius 1 is 0.327 bits per heavy atom. The molecular weight excluding hydrogens is 649 g/mol. The lowest BCUT2D eigenvalue weighted by Crippen LogP contribution is -1.91. The summed E-state index contributed by atoms with van der Waals surface area (Å²) < 4.78 is 8.21. The summed E-state index contributed by atoms with van der Waals surface area (Å²) in [5, 5.41) is 12.7. The first-order valence-corrected chi connectivity index (χ1v) is 18.6. The Morgan fingerprint density at radius 3 is 1.31 bits per heavy atom. The Labute approximate surface area is 304 Å². The van der Waals surface area contributed by atoms with Gasteiger partial charge in [-0.05, 0) is 83.0 Å². The number of benzene rings is 9. The van der Waals surface area contributed by atoms with E-state index < -0.39 is 0 Å². The molecule has 11 aromatic rings. The predicted molar refractivity (Wildman–Crippen MR) is 223 cm³/mol. The van der Waals surface area contributed by atoms with E-state index in [1.54, 1.807) is 6.26 Å². The molecular formula is C50H30OS. The van der Waals surface area contributed by atoms with Gasteiger partial charge in [-0.25, -0.2) is 0 Å². The first-order chi connectivity index (χ1) is 25.8. The van der Waals surface area contributed by atoms with Crippen LogP contribution in [0.25, 0.3) is 108 Å². The molecule has 0 spiro atoms. The first-order valence-electron chi connectivity index (χ1n) is 17.7. The van der Waals surface area contributed by atoms with Crippen LogP contribution in [0.2, 0.25) is 0 Å². The van der Waals surface area contributed by atoms with Gasteiger partial charge >= 0.3 is 0 Å². The summed E-state index contributed by atoms with van der Waals surface area (Å²) in [5.74, 6) is 0. The molecule has 0 aliphatic rings. The van der Waals surface area contributed by atoms with Crippen molar-refractivity contribution in [3.05, 3.63) is 182 Å². The van der Waals surface area contributed by atoms with Crippen LogP contribution in [0.3, 0.4) is 0 Å². The van der Waals surface area contributed by atoms with Crippen LogP contribution in [0, 0.1) is 0 Å². The highest BCUT2D eigenvalue weighted by Crippen LogP contribution is 2.51. The fraction of sp³-hybridized carbons (Fsp3) is 0. The molecule has 0 aliphatic heterocycles. The molecule has 2 heterocycles. The molecule has 0 amide bonds. The van der Waals surface area contributed by atoms with Crippen LogP contribution < -0.4 is 0 Å². The quantitative estimate of drug-likeness (QED) is 0.169. The molecule has 0 N–H and O–H groups in total. The SMILES string of the molecule is c1ccc(-c2c3ccccc3c(-c3cccc4sc5c(-c6c7ccccc7c(-c7ccoc7)c7ccccc67)cccc5c34)c3ccccc23)cc1. The average Bonchev–Trinajstić information content (AvgIpc) is 3.88. The molecule has 0 fully saturated rings. The minimum atomic E-state index is 1.10. The van der Waals surface area contributed by atoms with E-state index in [0.29, 0.717) is 0 Å². The van der Waals surface area contributed by atoms with Crippen molar-refractivity contribution in [2.24, 2.45) is 0 Å². The summed E-state index contributed by atoms with van der Waals surface area (Å²) in [6, 6.07) is 62.3. The Balaban J connectivity index is 1.25. The third-order valence-corrected chi connectivity index (χ3v) is 12.0. The summed E-state index contributed by atoms with van der Waals surface area (Å²) in [6.45, 7) is 0. The third-order valence-electron chi connectivity index (χ3n) is 10.8. The van der Waals surface area contributed by atoms with Gasteiger partial charge in [0.2, 0.25) is 0 Å². The molecule has 242 valence electrons. The molecule has 0 saturated carbocycles. The van der Waals surface area contributed by atoms with Gasteiger partial charge in [0.1, 0.15) is 0 Å². The van der Waals surface area contributed by atoms with E-state index in [1.807, 2.05) is 17.6 Å². The number of rotatable bonds is 4. The van der Waals surface area contributed by atoms with Gasteiger partial charge in [0.25, 0.3) is 0 Å². The average molecular weight is 679 g/mol. The molecule has 11 rings (SSSR count). The van der Waals surface area contributed by atoms with Gasteiger partial charge in [-0.2, -0.15) is 0 Å². The van der Waals surface area contributed by atoms with Crippen LogP contribution in [0.4, 0.5) is 0 Å². The zero-order chi connectivity index (χ0) is 34.2. The van der Waals surface area contributed by atoms with Crippen molar-refractivity contribution in [2.75, 3.05) is 0 Å². The Bertz CT molecular complexity index is 3050. The zero-order valence-electron chi connectivity index (χ0n) is 28.1. The fourth-order valence-corrected chi connectivity index (χ4v) is 9.97. The van der Waals surface area contributed by atoms with E-state index in [1.165, 1.54) is 102 Å². The normalized spacial score (nSPS) is 11.8. The predicted octanol–water partition coefficient (Wildman–Crippen LogP) is 14.9. The van der Waals surface area contributed by atoms with E-state index in [2.05, 4.69) is 170 Å². The minimum absolute atomic E-state index is 1.10. The molecule has 2 aromatic heterocycles. The summed E-state index contributed by atoms with van der Waals surface area (Å²) in [4.78, 5) is 0. The summed E-state index contributed by atoms with van der Waals surface area (Å²) >= 11 is 1.91. The standard InChI is InChI=1S/C50H30OS/c1-2-14-31(15-3-1)45-33-16-4-8-20-37(33)47(38-21-9-5-17-34(38)45)41-24-13-27-44-49(41)43-26-12-25-42(50(43)52-44)48-39-22-10-6-18-35(39)46(32-28-29-51-30-32)36-19-7-11-23-40(36)48/h1-30H. The van der Waals surface area contributed by atoms with Gasteiger partial charge < -0.3 is 4.42 Å². The van der Waals surface area contributed by atoms with E-state index in [-0.39, 0.29) is 0 Å². The van der Waals surface area contributed by atoms with Crippen molar-refractivity contribution in [1.29, 1.82) is 0 Å². The lowest BCUT2D eigenvalue weighted by atomic mass is 9.84. The summed E-state index contributed by atoms with van der Waals surface area (Å²) in [6.07, 6.45) is 3.63. The molecule has 2 heteroatoms. The third kappa shape index (κ3) is 4.22. The van der Waals surface area contributed by atoms with Crippen LogP contribution in [-0.2, 0) is 0 Å². The van der Waals surface area contributed by atoms with Crippen molar-refractivity contribution in [3.8, 4) is 44.5 Å². The molecule has 0 bridgehead atoms. The number of hydrogen-bond acceptors (Lipinski definition) is 2. The maximum Gasteiger partial charge on any atom is 0.0981 e. The fourth-order valence-electron chi connectivity index (χ4n) is 8.72. The monoisotopic (exact) mass is 678 g/mol. The second-order valence-corrected chi connectivity index (χ2v) is 14.6. The Kier molecular flexibility index (Phi) is 6.49. The molecule has 0 radical (unpaired) electrons. The number of fused-ring (bicyclic) bond motifs is 7. The van der Waals surface area contributed by atoms with Gasteiger partial charge in [0.15, 0.2) is 0 Å². The molecule has 1 nitrogen and oxygen atoms in total. The van der Waals surface area contributed by atoms with Crippen molar-refractivity contribution in [3.63, 3.8) is 0 Å². The largest absolute Gasteiger partial charge is 0.472 e. The van der Waals surface area contributed by atoms with E-state index >= 15 is 0 Å². The van der Waals surface area contributed by atoms with E-state index in [4.69, 9.17) is 4.42 Å². The number of furan rings is 1. The summed E-state index contributed by atoms with van der Waals surface area (Å²) in [7, 11) is 0. The minimum Gasteiger partial charge on any atom is -0.472 e. The van der Waals surface area contributed by atoms with E-state index in [9.17, 15) is 0 Å². The van der Waals surface area contributed by atoms with E-state index in [0.717, 1.165) is 5.56 Å². The van der Waals surface area contributed by atoms with Gasteiger partial charge in [-0.1, -0.05) is 158 Å². The second-order valence-electron chi connectivity index (χ2n) is 13.5. The van der Waals surface area contributed by atoms with Crippen molar-refractivity contribution in [2.45, 2.75) is 0 Å². The molecule has 9 aromatic carbocycles. The smallest absolute Gasteiger partial charge is 0.0981 e. The molecule has 0 unspecified atom stereocenters. The number of hydrogen-bond donors (Lipinski definition) is 0. The lowest BCUT2D eigenvalue weighted by Gasteiger charge is -2.18. The molecule has 0 saturated heterocycles. The lowest BCUT2D eigenvalue weighted by molar-refractivity contribution is 0.568. The maximum absolute atomic E-state index is 5.60. The van der Waals surface area contributed by atoms with Crippen LogP contribution in [0.5, 0.6) is 0 Å². The Hall–Kier alpha value is -6.48. The van der Waals surface area contributed by atoms with Crippen LogP contribution >= 0.6 is 11.3 Å². The van der Waals surface area contributed by atoms with Crippen LogP contribution in [0.1, 0.15) is 0 Å². The van der Waals surface area contributed by atoms with Gasteiger partial charge in [-0.3, -0.25) is 0 Å². The number of thiophene rings is 1. The van der Waals surface area contributed by atoms with Crippen LogP contribution in [0.15, 0.2) is 187 Å².